The molecule has 0 aliphatic rings. The zero-order valence-corrected chi connectivity index (χ0v) is 26.5. The van der Waals surface area contributed by atoms with Crippen molar-refractivity contribution in [2.75, 3.05) is 12.4 Å². The smallest absolute Gasteiger partial charge is 0.460 e. The average molecular weight is 736 g/mol. The summed E-state index contributed by atoms with van der Waals surface area (Å²) in [7, 11) is 0. The first-order chi connectivity index (χ1) is 20.5. The van der Waals surface area contributed by atoms with Crippen molar-refractivity contribution < 1.29 is 66.6 Å². The van der Waals surface area contributed by atoms with Crippen molar-refractivity contribution in [1.82, 2.24) is 0 Å². The monoisotopic (exact) mass is 735 g/mol. The first-order valence-electron chi connectivity index (χ1n) is 13.9. The molecule has 1 atom stereocenters. The molecule has 0 saturated carbocycles. The van der Waals surface area contributed by atoms with Crippen LogP contribution in [0, 0.1) is 11.3 Å². The number of carbonyl (C=O) groups excluding carboxylic acids is 1. The molecule has 45 heavy (non-hydrogen) atoms. The van der Waals surface area contributed by atoms with Crippen molar-refractivity contribution in [3.8, 4) is 6.07 Å². The Bertz CT molecular complexity index is 957. The Balaban J connectivity index is 5.04. The van der Waals surface area contributed by atoms with Crippen LogP contribution in [-0.2, 0) is 9.53 Å². The van der Waals surface area contributed by atoms with E-state index < -0.39 is 60.0 Å². The van der Waals surface area contributed by atoms with E-state index in [1.807, 2.05) is 0 Å². The number of alkyl halides is 13. The Kier molecular flexibility index (Phi) is 18.5. The number of esters is 1. The molecule has 19 heteroatoms. The van der Waals surface area contributed by atoms with E-state index in [0.29, 0.717) is 17.5 Å². The van der Waals surface area contributed by atoms with Crippen LogP contribution in [0.5, 0.6) is 0 Å². The van der Waals surface area contributed by atoms with Crippen LogP contribution >= 0.6 is 35.7 Å². The third-order valence-electron chi connectivity index (χ3n) is 6.40. The van der Waals surface area contributed by atoms with Crippen LogP contribution in [0.2, 0.25) is 0 Å². The van der Waals surface area contributed by atoms with Crippen molar-refractivity contribution in [3.05, 3.63) is 0 Å². The zero-order valence-electron chi connectivity index (χ0n) is 24.1. The molecular weight excluding hydrogens is 701 g/mol. The Morgan fingerprint density at radius 1 is 0.756 bits per heavy atom. The highest BCUT2D eigenvalue weighted by Gasteiger charge is 2.90. The molecule has 0 aromatic rings. The van der Waals surface area contributed by atoms with Crippen molar-refractivity contribution in [1.29, 1.82) is 5.26 Å². The van der Waals surface area contributed by atoms with E-state index in [0.717, 1.165) is 43.9 Å². The molecule has 0 aliphatic carbocycles. The van der Waals surface area contributed by atoms with Gasteiger partial charge in [0.1, 0.15) is 8.78 Å². The number of thioether (sulfide) groups is 2. The largest absolute Gasteiger partial charge is 0.465 e. The zero-order chi connectivity index (χ0) is 35.2. The van der Waals surface area contributed by atoms with Gasteiger partial charge in [-0.05, 0) is 18.6 Å². The molecule has 0 spiro atoms. The van der Waals surface area contributed by atoms with E-state index in [1.54, 1.807) is 6.07 Å². The van der Waals surface area contributed by atoms with Gasteiger partial charge in [0.25, 0.3) is 0 Å². The third kappa shape index (κ3) is 12.4. The number of nitriles is 1. The summed E-state index contributed by atoms with van der Waals surface area (Å²) < 4.78 is 177. The van der Waals surface area contributed by atoms with Crippen molar-refractivity contribution in [2.24, 2.45) is 0 Å². The Labute approximate surface area is 266 Å². The lowest BCUT2D eigenvalue weighted by Gasteiger charge is -2.39. The van der Waals surface area contributed by atoms with Crippen LogP contribution in [0.15, 0.2) is 0 Å². The maximum Gasteiger partial charge on any atom is 0.460 e. The molecule has 0 aromatic carbocycles. The molecule has 0 N–H and O–H groups in total. The second-order valence-electron chi connectivity index (χ2n) is 10.0. The molecule has 0 aliphatic heterocycles. The van der Waals surface area contributed by atoms with Gasteiger partial charge in [0.2, 0.25) is 0 Å². The molecule has 264 valence electrons. The van der Waals surface area contributed by atoms with Crippen LogP contribution in [0.25, 0.3) is 0 Å². The lowest BCUT2D eigenvalue weighted by atomic mass is 9.93. The number of halogens is 13. The fourth-order valence-electron chi connectivity index (χ4n) is 3.65. The SMILES string of the molecule is CCCCCCCCCCCCSC(=S)SC(CCC#N)C(=O)OCCC(F)(F)C(F)(F)C(F)(F)C(F)(F)C(F)(F)C(F)(F)F. The summed E-state index contributed by atoms with van der Waals surface area (Å²) in [4.78, 5) is 12.3. The summed E-state index contributed by atoms with van der Waals surface area (Å²) in [5, 5.41) is 7.44. The first kappa shape index (κ1) is 43.8. The average Bonchev–Trinajstić information content (AvgIpc) is 2.92. The summed E-state index contributed by atoms with van der Waals surface area (Å²) in [5.74, 6) is -38.4. The Morgan fingerprint density at radius 2 is 1.22 bits per heavy atom. The van der Waals surface area contributed by atoms with E-state index in [4.69, 9.17) is 17.5 Å². The second-order valence-corrected chi connectivity index (χ2v) is 13.5. The number of hydrogen-bond donors (Lipinski definition) is 0. The Morgan fingerprint density at radius 3 is 1.69 bits per heavy atom. The molecule has 0 saturated heterocycles. The van der Waals surface area contributed by atoms with Crippen LogP contribution in [0.3, 0.4) is 0 Å². The normalized spacial score (nSPS) is 14.2. The fraction of sp³-hybridized carbons (Fsp3) is 0.885. The minimum absolute atomic E-state index is 0.176. The van der Waals surface area contributed by atoms with Crippen LogP contribution in [0.4, 0.5) is 57.1 Å². The van der Waals surface area contributed by atoms with Gasteiger partial charge in [-0.15, -0.1) is 11.8 Å². The maximum absolute atomic E-state index is 14.0. The van der Waals surface area contributed by atoms with Crippen LogP contribution in [0.1, 0.15) is 90.4 Å². The fourth-order valence-corrected chi connectivity index (χ4v) is 6.26. The molecular formula is C26H34F13NO2S3. The van der Waals surface area contributed by atoms with E-state index in [9.17, 15) is 61.9 Å². The van der Waals surface area contributed by atoms with Crippen molar-refractivity contribution in [3.63, 3.8) is 0 Å². The minimum Gasteiger partial charge on any atom is -0.465 e. The van der Waals surface area contributed by atoms with Gasteiger partial charge in [0, 0.05) is 6.42 Å². The number of hydrogen-bond acceptors (Lipinski definition) is 6. The van der Waals surface area contributed by atoms with Gasteiger partial charge < -0.3 is 4.74 Å². The molecule has 0 aromatic heterocycles. The molecule has 0 fully saturated rings. The first-order valence-corrected chi connectivity index (χ1v) is 16.1. The van der Waals surface area contributed by atoms with Gasteiger partial charge in [0.05, 0.1) is 19.1 Å². The van der Waals surface area contributed by atoms with E-state index in [-0.39, 0.29) is 16.4 Å². The molecule has 0 rings (SSSR count). The van der Waals surface area contributed by atoms with E-state index in [2.05, 4.69) is 11.7 Å². The predicted molar refractivity (Wildman–Crippen MR) is 149 cm³/mol. The predicted octanol–water partition coefficient (Wildman–Crippen LogP) is 11.0. The number of carbonyl (C=O) groups is 1. The Hall–Kier alpha value is -1.16. The molecule has 0 radical (unpaired) electrons. The van der Waals surface area contributed by atoms with Gasteiger partial charge in [-0.1, -0.05) is 88.7 Å². The van der Waals surface area contributed by atoms with E-state index in [1.165, 1.54) is 32.1 Å². The minimum atomic E-state index is -8.00. The summed E-state index contributed by atoms with van der Waals surface area (Å²) >= 11 is 6.98. The topological polar surface area (TPSA) is 50.1 Å². The summed E-state index contributed by atoms with van der Waals surface area (Å²) in [6.07, 6.45) is 0.130. The van der Waals surface area contributed by atoms with Gasteiger partial charge >= 0.3 is 41.8 Å². The van der Waals surface area contributed by atoms with Gasteiger partial charge in [-0.2, -0.15) is 62.3 Å². The highest BCUT2D eigenvalue weighted by Crippen LogP contribution is 2.60. The third-order valence-corrected chi connectivity index (χ3v) is 9.31. The number of nitrogens with zero attached hydrogens (tertiary/aromatic N) is 1. The number of unbranched alkanes of at least 4 members (excludes halogenated alkanes) is 9. The molecule has 0 amide bonds. The van der Waals surface area contributed by atoms with Crippen LogP contribution < -0.4 is 0 Å². The summed E-state index contributed by atoms with van der Waals surface area (Å²) in [5.41, 5.74) is 0. The van der Waals surface area contributed by atoms with Gasteiger partial charge in [-0.3, -0.25) is 4.79 Å². The molecule has 3 nitrogen and oxygen atoms in total. The second kappa shape index (κ2) is 19.0. The van der Waals surface area contributed by atoms with Crippen molar-refractivity contribution >= 4 is 45.2 Å². The van der Waals surface area contributed by atoms with Gasteiger partial charge in [-0.25, -0.2) is 0 Å². The number of ether oxygens (including phenoxy) is 1. The summed E-state index contributed by atoms with van der Waals surface area (Å²) in [6.45, 7) is 0.289. The van der Waals surface area contributed by atoms with Crippen molar-refractivity contribution in [2.45, 2.75) is 131 Å². The lowest BCUT2D eigenvalue weighted by molar-refractivity contribution is -0.440. The van der Waals surface area contributed by atoms with Gasteiger partial charge in [0.15, 0.2) is 0 Å². The lowest BCUT2D eigenvalue weighted by Crippen LogP contribution is -2.70. The number of thiocarbonyl (C=S) groups is 1. The molecule has 0 heterocycles. The quantitative estimate of drug-likeness (QED) is 0.0478. The molecule has 0 bridgehead atoms. The highest BCUT2D eigenvalue weighted by molar-refractivity contribution is 8.47. The maximum atomic E-state index is 14.0. The van der Waals surface area contributed by atoms with E-state index >= 15 is 0 Å². The standard InChI is InChI=1S/C26H34F13NO2S3/c1-2-3-4-5-6-7-8-9-10-11-17-44-20(43)45-18(13-12-15-40)19(41)42-16-14-21(27,28)22(29,30)23(31,32)24(33,34)25(35,36)26(37,38)39/h18H,2-14,16-17H2,1H3. The van der Waals surface area contributed by atoms with Crippen LogP contribution in [-0.4, -0.2) is 62.9 Å². The molecule has 1 unspecified atom stereocenters. The number of rotatable bonds is 22. The highest BCUT2D eigenvalue weighted by atomic mass is 32.2. The summed E-state index contributed by atoms with van der Waals surface area (Å²) in [6, 6.07) is 1.68.